The molecule has 2 aromatic carbocycles. The average Bonchev–Trinajstić information content (AvgIpc) is 3.61. The molecule has 0 spiro atoms. The zero-order valence-corrected chi connectivity index (χ0v) is 19.7. The van der Waals surface area contributed by atoms with Gasteiger partial charge in [0, 0.05) is 26.2 Å². The summed E-state index contributed by atoms with van der Waals surface area (Å²) in [5.41, 5.74) is 4.44. The number of carbonyl (C=O) groups is 2. The Balaban J connectivity index is 1.23. The molecule has 2 amide bonds. The van der Waals surface area contributed by atoms with E-state index in [2.05, 4.69) is 28.4 Å². The maximum Gasteiger partial charge on any atom is 0.242 e. The fraction of sp³-hybridized carbons (Fsp3) is 0.360. The predicted molar refractivity (Wildman–Crippen MR) is 131 cm³/mol. The van der Waals surface area contributed by atoms with Crippen molar-refractivity contribution in [3.8, 4) is 0 Å². The summed E-state index contributed by atoms with van der Waals surface area (Å²) in [5, 5.41) is 9.47. The Bertz CT molecular complexity index is 1390. The third-order valence-corrected chi connectivity index (χ3v) is 7.75. The van der Waals surface area contributed by atoms with E-state index >= 15 is 0 Å². The molecule has 2 aromatic heterocycles. The Kier molecular flexibility index (Phi) is 5.49. The SMILES string of the molecule is O=C(Cn1c2ccccc2n2c(SCC(=O)N3CCc4ccccc4C3)nnc12)N1CCCC1. The lowest BCUT2D eigenvalue weighted by Gasteiger charge is -2.28. The maximum absolute atomic E-state index is 13.0. The lowest BCUT2D eigenvalue weighted by atomic mass is 10.00. The van der Waals surface area contributed by atoms with Crippen molar-refractivity contribution >= 4 is 40.4 Å². The largest absolute Gasteiger partial charge is 0.341 e. The molecular formula is C25H26N6O2S. The number of thioether (sulfide) groups is 1. The predicted octanol–water partition coefficient (Wildman–Crippen LogP) is 2.98. The number of imidazole rings is 1. The molecule has 6 rings (SSSR count). The standard InChI is InChI=1S/C25H26N6O2S/c32-22(28-12-5-6-13-28)16-30-20-9-3-4-10-21(20)31-24(30)26-27-25(31)34-17-23(33)29-14-11-18-7-1-2-8-19(18)15-29/h1-4,7-10H,5-6,11-17H2. The maximum atomic E-state index is 13.0. The molecule has 0 N–H and O–H groups in total. The molecular weight excluding hydrogens is 448 g/mol. The van der Waals surface area contributed by atoms with Gasteiger partial charge >= 0.3 is 0 Å². The molecule has 34 heavy (non-hydrogen) atoms. The number of benzene rings is 2. The highest BCUT2D eigenvalue weighted by molar-refractivity contribution is 7.99. The van der Waals surface area contributed by atoms with Crippen molar-refractivity contribution in [2.75, 3.05) is 25.4 Å². The number of carbonyl (C=O) groups excluding carboxylic acids is 2. The summed E-state index contributed by atoms with van der Waals surface area (Å²) >= 11 is 1.40. The van der Waals surface area contributed by atoms with Gasteiger partial charge in [-0.3, -0.25) is 18.6 Å². The molecule has 0 saturated carbocycles. The first-order valence-corrected chi connectivity index (χ1v) is 12.7. The number of aromatic nitrogens is 4. The van der Waals surface area contributed by atoms with E-state index < -0.39 is 0 Å². The quantitative estimate of drug-likeness (QED) is 0.416. The first-order chi connectivity index (χ1) is 16.7. The van der Waals surface area contributed by atoms with E-state index in [9.17, 15) is 9.59 Å². The minimum atomic E-state index is 0.101. The van der Waals surface area contributed by atoms with Gasteiger partial charge < -0.3 is 9.80 Å². The number of rotatable bonds is 5. The van der Waals surface area contributed by atoms with Crippen LogP contribution in [0.15, 0.2) is 53.7 Å². The van der Waals surface area contributed by atoms with Crippen LogP contribution in [0, 0.1) is 0 Å². The van der Waals surface area contributed by atoms with Crippen LogP contribution in [0.5, 0.6) is 0 Å². The molecule has 2 aliphatic heterocycles. The minimum Gasteiger partial charge on any atom is -0.341 e. The molecule has 0 atom stereocenters. The molecule has 9 heteroatoms. The molecule has 4 heterocycles. The number of para-hydroxylation sites is 2. The highest BCUT2D eigenvalue weighted by Gasteiger charge is 2.24. The highest BCUT2D eigenvalue weighted by Crippen LogP contribution is 2.27. The Morgan fingerprint density at radius 1 is 0.824 bits per heavy atom. The fourth-order valence-corrected chi connectivity index (χ4v) is 5.86. The van der Waals surface area contributed by atoms with Crippen molar-refractivity contribution < 1.29 is 9.59 Å². The third kappa shape index (κ3) is 3.73. The lowest BCUT2D eigenvalue weighted by Crippen LogP contribution is -2.37. The van der Waals surface area contributed by atoms with Crippen LogP contribution in [0.25, 0.3) is 16.8 Å². The van der Waals surface area contributed by atoms with Gasteiger partial charge in [0.05, 0.1) is 16.8 Å². The van der Waals surface area contributed by atoms with Crippen LogP contribution < -0.4 is 0 Å². The normalized spacial score (nSPS) is 15.9. The van der Waals surface area contributed by atoms with Crippen molar-refractivity contribution in [1.82, 2.24) is 29.0 Å². The molecule has 8 nitrogen and oxygen atoms in total. The van der Waals surface area contributed by atoms with Gasteiger partial charge in [-0.25, -0.2) is 0 Å². The minimum absolute atomic E-state index is 0.101. The molecule has 1 saturated heterocycles. The van der Waals surface area contributed by atoms with E-state index in [0.29, 0.717) is 23.2 Å². The second kappa shape index (κ2) is 8.79. The molecule has 0 unspecified atom stereocenters. The van der Waals surface area contributed by atoms with Crippen LogP contribution in [-0.2, 0) is 29.1 Å². The fourth-order valence-electron chi connectivity index (χ4n) is 5.01. The molecule has 0 bridgehead atoms. The molecule has 2 aliphatic rings. The van der Waals surface area contributed by atoms with E-state index in [1.807, 2.05) is 49.1 Å². The zero-order valence-electron chi connectivity index (χ0n) is 18.9. The van der Waals surface area contributed by atoms with E-state index in [4.69, 9.17) is 0 Å². The highest BCUT2D eigenvalue weighted by atomic mass is 32.2. The zero-order chi connectivity index (χ0) is 23.1. The van der Waals surface area contributed by atoms with Crippen molar-refractivity contribution in [2.45, 2.75) is 37.5 Å². The van der Waals surface area contributed by atoms with Crippen LogP contribution in [0.1, 0.15) is 24.0 Å². The van der Waals surface area contributed by atoms with Crippen molar-refractivity contribution in [3.05, 3.63) is 59.7 Å². The Hall–Kier alpha value is -3.33. The molecule has 1 fully saturated rings. The topological polar surface area (TPSA) is 75.7 Å². The number of nitrogens with zero attached hydrogens (tertiary/aromatic N) is 6. The summed E-state index contributed by atoms with van der Waals surface area (Å²) in [4.78, 5) is 29.7. The van der Waals surface area contributed by atoms with Crippen molar-refractivity contribution in [3.63, 3.8) is 0 Å². The van der Waals surface area contributed by atoms with Gasteiger partial charge in [-0.1, -0.05) is 48.2 Å². The third-order valence-electron chi connectivity index (χ3n) is 6.83. The Morgan fingerprint density at radius 2 is 1.56 bits per heavy atom. The summed E-state index contributed by atoms with van der Waals surface area (Å²) in [6, 6.07) is 16.3. The number of fused-ring (bicyclic) bond motifs is 4. The van der Waals surface area contributed by atoms with Crippen LogP contribution in [0.3, 0.4) is 0 Å². The molecule has 174 valence electrons. The van der Waals surface area contributed by atoms with Crippen molar-refractivity contribution in [2.24, 2.45) is 0 Å². The average molecular weight is 475 g/mol. The van der Waals surface area contributed by atoms with Gasteiger partial charge in [0.25, 0.3) is 0 Å². The smallest absolute Gasteiger partial charge is 0.242 e. The summed E-state index contributed by atoms with van der Waals surface area (Å²) in [6.07, 6.45) is 3.02. The van der Waals surface area contributed by atoms with Gasteiger partial charge in [0.15, 0.2) is 5.16 Å². The lowest BCUT2D eigenvalue weighted by molar-refractivity contribution is -0.131. The summed E-state index contributed by atoms with van der Waals surface area (Å²) in [6.45, 7) is 3.29. The summed E-state index contributed by atoms with van der Waals surface area (Å²) in [7, 11) is 0. The summed E-state index contributed by atoms with van der Waals surface area (Å²) in [5.74, 6) is 1.15. The van der Waals surface area contributed by atoms with Crippen LogP contribution in [0.2, 0.25) is 0 Å². The van der Waals surface area contributed by atoms with Gasteiger partial charge in [-0.2, -0.15) is 0 Å². The molecule has 0 radical (unpaired) electrons. The Morgan fingerprint density at radius 3 is 2.38 bits per heavy atom. The number of likely N-dealkylation sites (tertiary alicyclic amines) is 1. The van der Waals surface area contributed by atoms with Gasteiger partial charge in [0.1, 0.15) is 6.54 Å². The monoisotopic (exact) mass is 474 g/mol. The first kappa shape index (κ1) is 21.2. The second-order valence-electron chi connectivity index (χ2n) is 8.90. The summed E-state index contributed by atoms with van der Waals surface area (Å²) < 4.78 is 3.91. The van der Waals surface area contributed by atoms with Crippen LogP contribution in [0.4, 0.5) is 0 Å². The van der Waals surface area contributed by atoms with E-state index in [1.165, 1.54) is 22.9 Å². The van der Waals surface area contributed by atoms with Gasteiger partial charge in [0.2, 0.25) is 17.6 Å². The molecule has 0 aliphatic carbocycles. The van der Waals surface area contributed by atoms with Gasteiger partial charge in [-0.05, 0) is 42.5 Å². The number of hydrogen-bond donors (Lipinski definition) is 0. The molecule has 4 aromatic rings. The van der Waals surface area contributed by atoms with Gasteiger partial charge in [-0.15, -0.1) is 10.2 Å². The van der Waals surface area contributed by atoms with E-state index in [-0.39, 0.29) is 18.4 Å². The first-order valence-electron chi connectivity index (χ1n) is 11.8. The van der Waals surface area contributed by atoms with E-state index in [1.54, 1.807) is 0 Å². The number of hydrogen-bond acceptors (Lipinski definition) is 5. The Labute approximate surface area is 201 Å². The number of amides is 2. The van der Waals surface area contributed by atoms with Crippen LogP contribution in [-0.4, -0.2) is 66.2 Å². The van der Waals surface area contributed by atoms with Crippen molar-refractivity contribution in [1.29, 1.82) is 0 Å². The van der Waals surface area contributed by atoms with E-state index in [0.717, 1.165) is 49.9 Å². The second-order valence-corrected chi connectivity index (χ2v) is 9.85. The van der Waals surface area contributed by atoms with Crippen LogP contribution >= 0.6 is 11.8 Å².